The molecule has 0 spiro atoms. The molecule has 10 heavy (non-hydrogen) atoms. The van der Waals surface area contributed by atoms with Gasteiger partial charge in [-0.2, -0.15) is 5.26 Å². The van der Waals surface area contributed by atoms with Crippen LogP contribution in [0.5, 0.6) is 0 Å². The molecule has 0 saturated heterocycles. The van der Waals surface area contributed by atoms with Gasteiger partial charge >= 0.3 is 0 Å². The van der Waals surface area contributed by atoms with Crippen LogP contribution in [0.3, 0.4) is 0 Å². The van der Waals surface area contributed by atoms with E-state index in [1.807, 2.05) is 19.2 Å². The fourth-order valence-corrected chi connectivity index (χ4v) is 0.798. The third kappa shape index (κ3) is 3.26. The largest absolute Gasteiger partial charge is 0.313 e. The zero-order valence-corrected chi connectivity index (χ0v) is 6.76. The number of nitriles is 1. The third-order valence-corrected chi connectivity index (χ3v) is 1.43. The minimum atomic E-state index is 0.319. The minimum absolute atomic E-state index is 0.319. The van der Waals surface area contributed by atoms with Crippen molar-refractivity contribution in [1.82, 2.24) is 5.32 Å². The molecule has 0 aliphatic heterocycles. The van der Waals surface area contributed by atoms with E-state index in [4.69, 9.17) is 5.26 Å². The van der Waals surface area contributed by atoms with E-state index in [1.165, 1.54) is 6.08 Å². The van der Waals surface area contributed by atoms with Gasteiger partial charge < -0.3 is 5.32 Å². The molecule has 0 aromatic carbocycles. The molecule has 0 rings (SSSR count). The van der Waals surface area contributed by atoms with Gasteiger partial charge in [0.15, 0.2) is 0 Å². The van der Waals surface area contributed by atoms with Crippen molar-refractivity contribution in [1.29, 1.82) is 5.26 Å². The van der Waals surface area contributed by atoms with E-state index in [0.29, 0.717) is 12.0 Å². The van der Waals surface area contributed by atoms with Crippen LogP contribution in [0.15, 0.2) is 12.2 Å². The van der Waals surface area contributed by atoms with Crippen LogP contribution in [-0.4, -0.2) is 13.1 Å². The molecule has 0 amide bonds. The normalized spacial score (nSPS) is 13.9. The van der Waals surface area contributed by atoms with Crippen molar-refractivity contribution < 1.29 is 0 Å². The van der Waals surface area contributed by atoms with Crippen molar-refractivity contribution in [3.63, 3.8) is 0 Å². The first-order valence-electron chi connectivity index (χ1n) is 3.46. The minimum Gasteiger partial charge on any atom is -0.313 e. The highest BCUT2D eigenvalue weighted by Gasteiger charge is 2.04. The summed E-state index contributed by atoms with van der Waals surface area (Å²) in [7, 11) is 1.90. The molecule has 0 aromatic rings. The van der Waals surface area contributed by atoms with Gasteiger partial charge in [0.05, 0.1) is 6.07 Å². The van der Waals surface area contributed by atoms with Crippen molar-refractivity contribution in [3.05, 3.63) is 12.2 Å². The molecule has 0 unspecified atom stereocenters. The highest BCUT2D eigenvalue weighted by atomic mass is 14.9. The lowest BCUT2D eigenvalue weighted by molar-refractivity contribution is 0.499. The van der Waals surface area contributed by atoms with Crippen LogP contribution in [0.25, 0.3) is 0 Å². The second-order valence-corrected chi connectivity index (χ2v) is 2.55. The predicted octanol–water partition coefficient (Wildman–Crippen LogP) is 1.31. The Morgan fingerprint density at radius 3 is 2.40 bits per heavy atom. The van der Waals surface area contributed by atoms with Crippen molar-refractivity contribution in [2.45, 2.75) is 19.9 Å². The maximum absolute atomic E-state index is 8.23. The van der Waals surface area contributed by atoms with Gasteiger partial charge in [-0.3, -0.25) is 0 Å². The summed E-state index contributed by atoms with van der Waals surface area (Å²) in [6.45, 7) is 4.23. The van der Waals surface area contributed by atoms with Crippen LogP contribution in [0.4, 0.5) is 0 Å². The molecule has 1 atom stereocenters. The fourth-order valence-electron chi connectivity index (χ4n) is 0.798. The number of hydrogen-bond donors (Lipinski definition) is 1. The summed E-state index contributed by atoms with van der Waals surface area (Å²) in [5.74, 6) is 0.537. The first-order valence-corrected chi connectivity index (χ1v) is 3.46. The van der Waals surface area contributed by atoms with Crippen molar-refractivity contribution in [2.75, 3.05) is 7.05 Å². The summed E-state index contributed by atoms with van der Waals surface area (Å²) >= 11 is 0. The number of nitrogens with one attached hydrogen (secondary N) is 1. The molecule has 0 aromatic heterocycles. The molecule has 0 heterocycles. The predicted molar refractivity (Wildman–Crippen MR) is 42.4 cm³/mol. The summed E-state index contributed by atoms with van der Waals surface area (Å²) in [6, 6.07) is 2.29. The number of likely N-dealkylation sites (N-methyl/N-ethyl adjacent to an activating group) is 1. The molecular weight excluding hydrogens is 124 g/mol. The zero-order valence-electron chi connectivity index (χ0n) is 6.76. The number of nitrogens with zero attached hydrogens (tertiary/aromatic N) is 1. The highest BCUT2D eigenvalue weighted by Crippen LogP contribution is 2.01. The summed E-state index contributed by atoms with van der Waals surface area (Å²) in [5, 5.41) is 11.3. The average Bonchev–Trinajstić information content (AvgIpc) is 1.89. The lowest BCUT2D eigenvalue weighted by atomic mass is 10.0. The van der Waals surface area contributed by atoms with E-state index in [-0.39, 0.29) is 0 Å². The Bertz CT molecular complexity index is 142. The van der Waals surface area contributed by atoms with Gasteiger partial charge in [-0.25, -0.2) is 0 Å². The first-order chi connectivity index (χ1) is 4.72. The van der Waals surface area contributed by atoms with E-state index in [1.54, 1.807) is 0 Å². The smallest absolute Gasteiger partial charge is 0.0909 e. The van der Waals surface area contributed by atoms with Crippen LogP contribution < -0.4 is 5.32 Å². The van der Waals surface area contributed by atoms with E-state index in [9.17, 15) is 0 Å². The molecule has 2 nitrogen and oxygen atoms in total. The van der Waals surface area contributed by atoms with Gasteiger partial charge in [0.2, 0.25) is 0 Å². The Hall–Kier alpha value is -0.810. The van der Waals surface area contributed by atoms with E-state index in [2.05, 4.69) is 19.2 Å². The Labute approximate surface area is 62.5 Å². The Morgan fingerprint density at radius 1 is 1.50 bits per heavy atom. The second-order valence-electron chi connectivity index (χ2n) is 2.55. The molecule has 0 fully saturated rings. The van der Waals surface area contributed by atoms with Gasteiger partial charge in [-0.1, -0.05) is 19.9 Å². The maximum Gasteiger partial charge on any atom is 0.0909 e. The Kier molecular flexibility index (Phi) is 4.61. The lowest BCUT2D eigenvalue weighted by Gasteiger charge is -2.14. The van der Waals surface area contributed by atoms with Gasteiger partial charge in [0.1, 0.15) is 0 Å². The summed E-state index contributed by atoms with van der Waals surface area (Å²) in [6.07, 6.45) is 3.39. The quantitative estimate of drug-likeness (QED) is 0.597. The summed E-state index contributed by atoms with van der Waals surface area (Å²) < 4.78 is 0. The van der Waals surface area contributed by atoms with Crippen LogP contribution in [-0.2, 0) is 0 Å². The monoisotopic (exact) mass is 138 g/mol. The van der Waals surface area contributed by atoms with Crippen LogP contribution in [0.2, 0.25) is 0 Å². The molecule has 0 aliphatic rings. The van der Waals surface area contributed by atoms with E-state index >= 15 is 0 Å². The molecule has 56 valence electrons. The van der Waals surface area contributed by atoms with Crippen LogP contribution in [0.1, 0.15) is 13.8 Å². The fraction of sp³-hybridized carbons (Fsp3) is 0.625. The zero-order chi connectivity index (χ0) is 7.98. The molecule has 0 aliphatic carbocycles. The Balaban J connectivity index is 3.85. The van der Waals surface area contributed by atoms with Crippen molar-refractivity contribution >= 4 is 0 Å². The van der Waals surface area contributed by atoms with Crippen molar-refractivity contribution in [2.24, 2.45) is 5.92 Å². The maximum atomic E-state index is 8.23. The molecule has 1 N–H and O–H groups in total. The van der Waals surface area contributed by atoms with E-state index < -0.39 is 0 Å². The standard InChI is InChI=1S/C8H14N2/c1-7(2)8(10-3)5-4-6-9/h4-5,7-8,10H,1-3H3/b5-4+/t8-/m1/s1. The molecule has 0 bridgehead atoms. The van der Waals surface area contributed by atoms with Gasteiger partial charge in [0.25, 0.3) is 0 Å². The van der Waals surface area contributed by atoms with E-state index in [0.717, 1.165) is 0 Å². The number of rotatable bonds is 3. The lowest BCUT2D eigenvalue weighted by Crippen LogP contribution is -2.28. The van der Waals surface area contributed by atoms with Crippen molar-refractivity contribution in [3.8, 4) is 6.07 Å². The topological polar surface area (TPSA) is 35.8 Å². The van der Waals surface area contributed by atoms with Gasteiger partial charge in [-0.15, -0.1) is 0 Å². The summed E-state index contributed by atoms with van der Waals surface area (Å²) in [4.78, 5) is 0. The van der Waals surface area contributed by atoms with Crippen LogP contribution >= 0.6 is 0 Å². The summed E-state index contributed by atoms with van der Waals surface area (Å²) in [5.41, 5.74) is 0. The number of hydrogen-bond acceptors (Lipinski definition) is 2. The molecule has 2 heteroatoms. The first kappa shape index (κ1) is 9.19. The van der Waals surface area contributed by atoms with Crippen LogP contribution in [0, 0.1) is 17.2 Å². The molecule has 0 radical (unpaired) electrons. The van der Waals surface area contributed by atoms with Gasteiger partial charge in [0, 0.05) is 12.1 Å². The molecule has 0 saturated carbocycles. The SMILES string of the molecule is CN[C@H](/C=C/C#N)C(C)C. The molecular formula is C8H14N2. The highest BCUT2D eigenvalue weighted by molar-refractivity contribution is 5.06. The third-order valence-electron chi connectivity index (χ3n) is 1.43. The average molecular weight is 138 g/mol. The number of allylic oxidation sites excluding steroid dienone is 1. The second kappa shape index (κ2) is 5.01. The Morgan fingerprint density at radius 2 is 2.10 bits per heavy atom. The van der Waals surface area contributed by atoms with Gasteiger partial charge in [-0.05, 0) is 13.0 Å².